The van der Waals surface area contributed by atoms with Crippen molar-refractivity contribution in [3.05, 3.63) is 75.2 Å². The first-order valence-corrected chi connectivity index (χ1v) is 12.6. The summed E-state index contributed by atoms with van der Waals surface area (Å²) in [6.07, 6.45) is 1.90. The van der Waals surface area contributed by atoms with Crippen LogP contribution in [-0.2, 0) is 9.53 Å². The summed E-state index contributed by atoms with van der Waals surface area (Å²) < 4.78 is 11.4. The molecule has 0 saturated carbocycles. The van der Waals surface area contributed by atoms with E-state index in [1.165, 1.54) is 19.2 Å². The van der Waals surface area contributed by atoms with Crippen LogP contribution < -0.4 is 15.6 Å². The first kappa shape index (κ1) is 27.2. The second kappa shape index (κ2) is 12.1. The number of pyridine rings is 1. The number of carbonyl (C=O) groups is 3. The van der Waals surface area contributed by atoms with Crippen LogP contribution in [0.5, 0.6) is 5.75 Å². The minimum Gasteiger partial charge on any atom is -0.489 e. The Kier molecular flexibility index (Phi) is 8.65. The monoisotopic (exact) mass is 541 g/mol. The maximum atomic E-state index is 12.9. The molecule has 4 rings (SSSR count). The molecule has 3 aromatic rings. The van der Waals surface area contributed by atoms with E-state index in [0.717, 1.165) is 0 Å². The van der Waals surface area contributed by atoms with Crippen molar-refractivity contribution in [3.8, 4) is 5.75 Å². The summed E-state index contributed by atoms with van der Waals surface area (Å²) in [6, 6.07) is 11.3. The quantitative estimate of drug-likeness (QED) is 0.351. The highest BCUT2D eigenvalue weighted by atomic mass is 35.5. The van der Waals surface area contributed by atoms with Crippen molar-refractivity contribution in [2.75, 3.05) is 26.2 Å². The fourth-order valence-corrected chi connectivity index (χ4v) is 4.70. The summed E-state index contributed by atoms with van der Waals surface area (Å²) in [5, 5.41) is 13.5. The number of aromatic amines is 1. The van der Waals surface area contributed by atoms with E-state index < -0.39 is 18.0 Å². The summed E-state index contributed by atoms with van der Waals surface area (Å²) >= 11 is 5.92. The van der Waals surface area contributed by atoms with E-state index in [9.17, 15) is 24.3 Å². The van der Waals surface area contributed by atoms with Crippen LogP contribution in [0, 0.1) is 0 Å². The number of H-pyrrole nitrogens is 1. The number of fused-ring (bicyclic) bond motifs is 1. The molecule has 2 aromatic carbocycles. The number of amides is 1. The van der Waals surface area contributed by atoms with E-state index >= 15 is 0 Å². The van der Waals surface area contributed by atoms with Crippen molar-refractivity contribution in [2.45, 2.75) is 32.0 Å². The van der Waals surface area contributed by atoms with Crippen LogP contribution in [0.2, 0.25) is 5.02 Å². The zero-order chi connectivity index (χ0) is 27.2. The number of esters is 1. The molecular weight excluding hydrogens is 514 g/mol. The standard InChI is InChI=1S/C27H28ClN3O7/c1-16(32)37-19(13-29-26(34)23-14-30-25(33)21-5-3-2-4-20(21)23)15-31-10-8-18(9-11-31)38-24-7-6-17(28)12-22(24)27(35)36/h2-7,12,14,18-19H,8-11,13,15H2,1H3,(H,29,34)(H,30,33)(H,35,36)/t19-/m1/s1. The Balaban J connectivity index is 1.34. The molecule has 1 aliphatic heterocycles. The van der Waals surface area contributed by atoms with Crippen molar-refractivity contribution in [1.82, 2.24) is 15.2 Å². The number of nitrogens with zero attached hydrogens (tertiary/aromatic N) is 1. The largest absolute Gasteiger partial charge is 0.489 e. The molecule has 10 nitrogen and oxygen atoms in total. The summed E-state index contributed by atoms with van der Waals surface area (Å²) in [4.78, 5) is 52.9. The number of carboxylic acid groups (broad SMARTS) is 1. The lowest BCUT2D eigenvalue weighted by Gasteiger charge is -2.34. The smallest absolute Gasteiger partial charge is 0.339 e. The Morgan fingerprint density at radius 2 is 1.84 bits per heavy atom. The van der Waals surface area contributed by atoms with E-state index in [2.05, 4.69) is 15.2 Å². The molecule has 38 heavy (non-hydrogen) atoms. The van der Waals surface area contributed by atoms with Gasteiger partial charge in [-0.05, 0) is 37.1 Å². The zero-order valence-electron chi connectivity index (χ0n) is 20.7. The minimum atomic E-state index is -1.11. The maximum absolute atomic E-state index is 12.9. The van der Waals surface area contributed by atoms with Gasteiger partial charge in [0.1, 0.15) is 23.5 Å². The number of aromatic carboxylic acids is 1. The highest BCUT2D eigenvalue weighted by Crippen LogP contribution is 2.26. The van der Waals surface area contributed by atoms with E-state index in [-0.39, 0.29) is 35.4 Å². The van der Waals surface area contributed by atoms with E-state index in [4.69, 9.17) is 21.1 Å². The van der Waals surface area contributed by atoms with Gasteiger partial charge >= 0.3 is 11.9 Å². The molecule has 1 atom stereocenters. The summed E-state index contributed by atoms with van der Waals surface area (Å²) in [5.74, 6) is -1.68. The molecule has 0 bridgehead atoms. The van der Waals surface area contributed by atoms with Gasteiger partial charge in [0.05, 0.1) is 12.1 Å². The van der Waals surface area contributed by atoms with E-state index in [1.807, 2.05) is 0 Å². The van der Waals surface area contributed by atoms with Crippen LogP contribution >= 0.6 is 11.6 Å². The molecule has 0 radical (unpaired) electrons. The number of piperidine rings is 1. The summed E-state index contributed by atoms with van der Waals surface area (Å²) in [6.45, 7) is 3.08. The molecule has 11 heteroatoms. The molecule has 1 fully saturated rings. The molecule has 1 aliphatic rings. The van der Waals surface area contributed by atoms with Crippen LogP contribution in [0.1, 0.15) is 40.5 Å². The summed E-state index contributed by atoms with van der Waals surface area (Å²) in [7, 11) is 0. The van der Waals surface area contributed by atoms with Crippen LogP contribution in [-0.4, -0.2) is 71.2 Å². The van der Waals surface area contributed by atoms with Crippen molar-refractivity contribution in [2.24, 2.45) is 0 Å². The van der Waals surface area contributed by atoms with Gasteiger partial charge < -0.3 is 24.9 Å². The number of hydrogen-bond acceptors (Lipinski definition) is 7. The lowest BCUT2D eigenvalue weighted by molar-refractivity contribution is -0.147. The maximum Gasteiger partial charge on any atom is 0.339 e. The lowest BCUT2D eigenvalue weighted by Crippen LogP contribution is -2.46. The van der Waals surface area contributed by atoms with Crippen molar-refractivity contribution < 1.29 is 29.0 Å². The summed E-state index contributed by atoms with van der Waals surface area (Å²) in [5.41, 5.74) is 0.0566. The number of ether oxygens (including phenoxy) is 2. The van der Waals surface area contributed by atoms with Gasteiger partial charge in [-0.15, -0.1) is 0 Å². The van der Waals surface area contributed by atoms with Gasteiger partial charge in [0.15, 0.2) is 0 Å². The van der Waals surface area contributed by atoms with Gasteiger partial charge in [0.2, 0.25) is 0 Å². The van der Waals surface area contributed by atoms with Crippen molar-refractivity contribution in [3.63, 3.8) is 0 Å². The molecule has 2 heterocycles. The zero-order valence-corrected chi connectivity index (χ0v) is 21.5. The van der Waals surface area contributed by atoms with Gasteiger partial charge in [-0.25, -0.2) is 4.79 Å². The predicted octanol–water partition coefficient (Wildman–Crippen LogP) is 3.08. The van der Waals surface area contributed by atoms with Gasteiger partial charge in [-0.3, -0.25) is 19.3 Å². The first-order chi connectivity index (χ1) is 18.2. The SMILES string of the molecule is CC(=O)O[C@H](CNC(=O)c1c[nH]c(=O)c2ccccc12)CN1CCC(Oc2ccc(Cl)cc2C(=O)O)CC1. The van der Waals surface area contributed by atoms with Gasteiger partial charge in [-0.1, -0.05) is 29.8 Å². The molecule has 3 N–H and O–H groups in total. The number of carboxylic acids is 1. The highest BCUT2D eigenvalue weighted by molar-refractivity contribution is 6.31. The number of carbonyl (C=O) groups excluding carboxylic acids is 2. The Bertz CT molecular complexity index is 1400. The highest BCUT2D eigenvalue weighted by Gasteiger charge is 2.26. The third-order valence-electron chi connectivity index (χ3n) is 6.34. The van der Waals surface area contributed by atoms with Gasteiger partial charge in [0, 0.05) is 48.5 Å². The minimum absolute atomic E-state index is 0.0147. The Hall–Kier alpha value is -3.89. The average Bonchev–Trinajstić information content (AvgIpc) is 2.89. The molecule has 1 amide bonds. The number of benzene rings is 2. The van der Waals surface area contributed by atoms with Gasteiger partial charge in [0.25, 0.3) is 11.5 Å². The number of hydrogen-bond donors (Lipinski definition) is 3. The van der Waals surface area contributed by atoms with Crippen molar-refractivity contribution in [1.29, 1.82) is 0 Å². The van der Waals surface area contributed by atoms with Crippen LogP contribution in [0.25, 0.3) is 10.8 Å². The topological polar surface area (TPSA) is 138 Å². The molecule has 0 unspecified atom stereocenters. The Labute approximate surface area is 223 Å². The van der Waals surface area contributed by atoms with Gasteiger partial charge in [-0.2, -0.15) is 0 Å². The normalized spacial score (nSPS) is 15.1. The number of aromatic nitrogens is 1. The molecule has 0 aliphatic carbocycles. The number of likely N-dealkylation sites (tertiary alicyclic amines) is 1. The lowest BCUT2D eigenvalue weighted by atomic mass is 10.1. The number of nitrogens with one attached hydrogen (secondary N) is 2. The molecule has 200 valence electrons. The van der Waals surface area contributed by atoms with Crippen LogP contribution in [0.3, 0.4) is 0 Å². The van der Waals surface area contributed by atoms with Crippen LogP contribution in [0.4, 0.5) is 0 Å². The average molecular weight is 542 g/mol. The van der Waals surface area contributed by atoms with Crippen molar-refractivity contribution >= 4 is 40.2 Å². The third kappa shape index (κ3) is 6.70. The third-order valence-corrected chi connectivity index (χ3v) is 6.57. The molecule has 1 aromatic heterocycles. The van der Waals surface area contributed by atoms with E-state index in [1.54, 1.807) is 36.4 Å². The Morgan fingerprint density at radius 1 is 1.13 bits per heavy atom. The molecule has 0 spiro atoms. The molecular formula is C27H28ClN3O7. The number of rotatable bonds is 9. The fraction of sp³-hybridized carbons (Fsp3) is 0.333. The second-order valence-corrected chi connectivity index (χ2v) is 9.52. The fourth-order valence-electron chi connectivity index (χ4n) is 4.53. The molecule has 1 saturated heterocycles. The number of halogens is 1. The predicted molar refractivity (Wildman–Crippen MR) is 141 cm³/mol. The first-order valence-electron chi connectivity index (χ1n) is 12.2. The van der Waals surface area contributed by atoms with E-state index in [0.29, 0.717) is 53.8 Å². The van der Waals surface area contributed by atoms with Crippen LogP contribution in [0.15, 0.2) is 53.5 Å². The second-order valence-electron chi connectivity index (χ2n) is 9.08. The Morgan fingerprint density at radius 3 is 2.53 bits per heavy atom.